The van der Waals surface area contributed by atoms with Gasteiger partial charge in [0, 0.05) is 6.17 Å². The van der Waals surface area contributed by atoms with Crippen molar-refractivity contribution in [1.82, 2.24) is 30.4 Å². The maximum Gasteiger partial charge on any atom is 0.216 e. The van der Waals surface area contributed by atoms with Gasteiger partial charge in [-0.1, -0.05) is 32.7 Å². The third-order valence-corrected chi connectivity index (χ3v) is 13.4. The Kier molecular flexibility index (Phi) is 19.3. The summed E-state index contributed by atoms with van der Waals surface area (Å²) in [4.78, 5) is 0. The van der Waals surface area contributed by atoms with Gasteiger partial charge >= 0.3 is 0 Å². The Balaban J connectivity index is -0.000000329. The summed E-state index contributed by atoms with van der Waals surface area (Å²) in [6.07, 6.45) is 4.74. The zero-order valence-corrected chi connectivity index (χ0v) is 24.2. The predicted molar refractivity (Wildman–Crippen MR) is 136 cm³/mol. The van der Waals surface area contributed by atoms with Crippen molar-refractivity contribution in [3.05, 3.63) is 0 Å². The van der Waals surface area contributed by atoms with Crippen molar-refractivity contribution in [2.45, 2.75) is 39.3 Å². The van der Waals surface area contributed by atoms with Crippen LogP contribution in [0.3, 0.4) is 0 Å². The molecule has 168 valence electrons. The number of nitrogens with one attached hydrogen (secondary N) is 4. The Morgan fingerprint density at radius 2 is 0.815 bits per heavy atom. The van der Waals surface area contributed by atoms with Crippen LogP contribution in [0.4, 0.5) is 0 Å². The first-order chi connectivity index (χ1) is 12.1. The van der Waals surface area contributed by atoms with Crippen LogP contribution in [-0.4, -0.2) is 115 Å². The summed E-state index contributed by atoms with van der Waals surface area (Å²) in [6.45, 7) is 14.2. The van der Waals surface area contributed by atoms with E-state index in [1.807, 2.05) is 28.2 Å². The molecule has 0 aromatic rings. The van der Waals surface area contributed by atoms with Crippen molar-refractivity contribution in [2.24, 2.45) is 0 Å². The van der Waals surface area contributed by atoms with E-state index in [9.17, 15) is 0 Å². The molecule has 0 saturated carbocycles. The van der Waals surface area contributed by atoms with Crippen LogP contribution in [-0.2, 0) is 0 Å². The lowest BCUT2D eigenvalue weighted by molar-refractivity contribution is 0.479. The molecule has 0 aliphatic carbocycles. The molecule has 0 aromatic heterocycles. The summed E-state index contributed by atoms with van der Waals surface area (Å²) in [5, 5.41) is 12.8. The number of nitrogens with zero attached hydrogens (tertiary/aromatic N) is 2. The maximum absolute atomic E-state index is 3.25. The fourth-order valence-electron chi connectivity index (χ4n) is 2.60. The molecule has 27 heavy (non-hydrogen) atoms. The molecule has 0 atom stereocenters. The summed E-state index contributed by atoms with van der Waals surface area (Å²) in [5.74, 6) is 0. The van der Waals surface area contributed by atoms with Crippen LogP contribution >= 0.6 is 0 Å². The van der Waals surface area contributed by atoms with Crippen molar-refractivity contribution in [3.63, 3.8) is 0 Å². The summed E-state index contributed by atoms with van der Waals surface area (Å²) in [7, 11) is 13.6. The molecule has 0 amide bonds. The second kappa shape index (κ2) is 16.2. The first-order valence-electron chi connectivity index (χ1n) is 10.1. The summed E-state index contributed by atoms with van der Waals surface area (Å²) in [5.41, 5.74) is 0. The molecule has 0 rings (SSSR count). The molecule has 6 nitrogen and oxygen atoms in total. The van der Waals surface area contributed by atoms with Crippen molar-refractivity contribution in [2.75, 3.05) is 81.1 Å². The molecule has 0 fully saturated rings. The topological polar surface area (TPSA) is 54.6 Å². The van der Waals surface area contributed by atoms with E-state index >= 15 is 0 Å². The van der Waals surface area contributed by atoms with E-state index in [2.05, 4.69) is 97.9 Å². The lowest BCUT2D eigenvalue weighted by Crippen LogP contribution is -2.63. The molecule has 0 radical (unpaired) electrons. The molecular formula is C18H54N6Si3. The third-order valence-electron chi connectivity index (χ3n) is 4.46. The number of hydrogen-bond donors (Lipinski definition) is 4. The molecule has 0 aliphatic rings. The maximum atomic E-state index is 3.25. The van der Waals surface area contributed by atoms with Gasteiger partial charge < -0.3 is 30.4 Å². The molecule has 0 aromatic carbocycles. The quantitative estimate of drug-likeness (QED) is 0.385. The molecule has 0 bridgehead atoms. The molecule has 0 heterocycles. The zero-order valence-electron chi connectivity index (χ0n) is 21.2. The van der Waals surface area contributed by atoms with Gasteiger partial charge in [0.05, 0.1) is 16.1 Å². The van der Waals surface area contributed by atoms with E-state index in [0.717, 1.165) is 6.17 Å². The first-order valence-corrected chi connectivity index (χ1v) is 19.8. The molecule has 0 aliphatic heterocycles. The van der Waals surface area contributed by atoms with Gasteiger partial charge in [-0.3, -0.25) is 0 Å². The van der Waals surface area contributed by atoms with Gasteiger partial charge in [0.25, 0.3) is 0 Å². The second-order valence-electron chi connectivity index (χ2n) is 9.85. The van der Waals surface area contributed by atoms with Gasteiger partial charge in [-0.2, -0.15) is 0 Å². The monoisotopic (exact) mass is 438 g/mol. The summed E-state index contributed by atoms with van der Waals surface area (Å²) < 4.78 is 4.70. The van der Waals surface area contributed by atoms with Crippen LogP contribution in [0.2, 0.25) is 39.3 Å². The summed E-state index contributed by atoms with van der Waals surface area (Å²) >= 11 is 0. The van der Waals surface area contributed by atoms with Crippen molar-refractivity contribution in [1.29, 1.82) is 0 Å². The SMILES string of the molecule is CNC[Si](C)(C)C.CNC[Si](C)(C)CNC.CNC[Si](C)(N(C)C)N(C)C. The largest absolute Gasteiger partial charge is 0.322 e. The highest BCUT2D eigenvalue weighted by atomic mass is 28.3. The van der Waals surface area contributed by atoms with Gasteiger partial charge in [0.1, 0.15) is 0 Å². The van der Waals surface area contributed by atoms with Gasteiger partial charge in [-0.15, -0.1) is 0 Å². The average Bonchev–Trinajstić information content (AvgIpc) is 2.46. The lowest BCUT2D eigenvalue weighted by atomic mass is 11.2. The minimum atomic E-state index is -1.35. The fourth-order valence-corrected chi connectivity index (χ4v) is 7.80. The van der Waals surface area contributed by atoms with E-state index in [1.54, 1.807) is 0 Å². The van der Waals surface area contributed by atoms with Crippen LogP contribution in [0.5, 0.6) is 0 Å². The van der Waals surface area contributed by atoms with Gasteiger partial charge in [0.2, 0.25) is 8.40 Å². The van der Waals surface area contributed by atoms with E-state index < -0.39 is 24.5 Å². The highest BCUT2D eigenvalue weighted by molar-refractivity contribution is 6.77. The van der Waals surface area contributed by atoms with Gasteiger partial charge in [-0.25, -0.2) is 0 Å². The molecular weight excluding hydrogens is 384 g/mol. The van der Waals surface area contributed by atoms with Gasteiger partial charge in [-0.05, 0) is 81.4 Å². The standard InChI is InChI=1S/C7H21N3Si.C6H18N2Si.C5H15NSi/c1-8-7-11(6,9(2)3)10(4)5;1-7-5-9(3,4)6-8-2;1-6-5-7(2,3)4/h8H,7H2,1-6H3;7-8H,5-6H2,1-4H3;6H,5H2,1-4H3. The van der Waals surface area contributed by atoms with Crippen molar-refractivity contribution in [3.8, 4) is 0 Å². The van der Waals surface area contributed by atoms with Gasteiger partial charge in [0.15, 0.2) is 0 Å². The minimum Gasteiger partial charge on any atom is -0.322 e. The highest BCUT2D eigenvalue weighted by Gasteiger charge is 2.32. The zero-order chi connectivity index (χ0) is 22.3. The second-order valence-corrected chi connectivity index (χ2v) is 24.9. The molecule has 0 unspecified atom stereocenters. The molecule has 0 saturated heterocycles. The average molecular weight is 439 g/mol. The normalized spacial score (nSPS) is 12.4. The van der Waals surface area contributed by atoms with Crippen LogP contribution in [0.25, 0.3) is 0 Å². The number of rotatable bonds is 10. The number of hydrogen-bond acceptors (Lipinski definition) is 6. The Morgan fingerprint density at radius 1 is 0.519 bits per heavy atom. The summed E-state index contributed by atoms with van der Waals surface area (Å²) in [6, 6.07) is 0. The van der Waals surface area contributed by atoms with E-state index in [4.69, 9.17) is 0 Å². The fraction of sp³-hybridized carbons (Fsp3) is 1.00. The highest BCUT2D eigenvalue weighted by Crippen LogP contribution is 2.06. The van der Waals surface area contributed by atoms with E-state index in [0.29, 0.717) is 0 Å². The van der Waals surface area contributed by atoms with Crippen molar-refractivity contribution < 1.29 is 0 Å². The first kappa shape index (κ1) is 32.1. The van der Waals surface area contributed by atoms with Crippen LogP contribution in [0.15, 0.2) is 0 Å². The van der Waals surface area contributed by atoms with Crippen molar-refractivity contribution >= 4 is 24.5 Å². The molecule has 9 heteroatoms. The van der Waals surface area contributed by atoms with Crippen LogP contribution in [0.1, 0.15) is 0 Å². The lowest BCUT2D eigenvalue weighted by Gasteiger charge is -2.39. The Hall–Kier alpha value is 0.411. The Bertz CT molecular complexity index is 318. The Labute approximate surface area is 175 Å². The van der Waals surface area contributed by atoms with Crippen LogP contribution < -0.4 is 21.3 Å². The molecule has 0 spiro atoms. The van der Waals surface area contributed by atoms with E-state index in [-0.39, 0.29) is 0 Å². The minimum absolute atomic E-state index is 0.768. The smallest absolute Gasteiger partial charge is 0.216 e. The molecule has 4 N–H and O–H groups in total. The van der Waals surface area contributed by atoms with E-state index in [1.165, 1.54) is 18.5 Å². The predicted octanol–water partition coefficient (Wildman–Crippen LogP) is 1.24. The Morgan fingerprint density at radius 3 is 0.926 bits per heavy atom. The van der Waals surface area contributed by atoms with Crippen LogP contribution in [0, 0.1) is 0 Å². The third kappa shape index (κ3) is 19.5.